The lowest BCUT2D eigenvalue weighted by atomic mass is 10.0. The van der Waals surface area contributed by atoms with Gasteiger partial charge in [-0.05, 0) is 48.7 Å². The minimum atomic E-state index is -4.03. The van der Waals surface area contributed by atoms with E-state index < -0.39 is 10.0 Å². The van der Waals surface area contributed by atoms with E-state index >= 15 is 0 Å². The number of rotatable bonds is 6. The van der Waals surface area contributed by atoms with Gasteiger partial charge in [0.25, 0.3) is 15.9 Å². The van der Waals surface area contributed by atoms with Crippen molar-refractivity contribution in [2.45, 2.75) is 23.3 Å². The third-order valence-electron chi connectivity index (χ3n) is 7.58. The van der Waals surface area contributed by atoms with Crippen LogP contribution in [0.4, 0.5) is 5.69 Å². The molecule has 8 nitrogen and oxygen atoms in total. The summed E-state index contributed by atoms with van der Waals surface area (Å²) in [4.78, 5) is 21.7. The zero-order valence-electron chi connectivity index (χ0n) is 20.7. The van der Waals surface area contributed by atoms with Gasteiger partial charge in [-0.2, -0.15) is 0 Å². The monoisotopic (exact) mass is 528 g/mol. The van der Waals surface area contributed by atoms with Gasteiger partial charge >= 0.3 is 0 Å². The predicted molar refractivity (Wildman–Crippen MR) is 145 cm³/mol. The molecule has 1 aliphatic carbocycles. The molecule has 1 saturated heterocycles. The van der Waals surface area contributed by atoms with Crippen LogP contribution in [0.15, 0.2) is 90.0 Å². The van der Waals surface area contributed by atoms with Crippen molar-refractivity contribution in [3.63, 3.8) is 0 Å². The van der Waals surface area contributed by atoms with E-state index in [1.54, 1.807) is 35.2 Å². The molecule has 0 bridgehead atoms. The summed E-state index contributed by atoms with van der Waals surface area (Å²) in [7, 11) is -4.03. The number of amides is 1. The second-order valence-electron chi connectivity index (χ2n) is 9.85. The SMILES string of the molecule is O=C(c1ccc(NS(=O)(=O)c2cccc3cccnc23)c(O)c1)N1CCN(C2(c3ccccc3)CC2)CC1. The third-order valence-corrected chi connectivity index (χ3v) is 8.98. The summed E-state index contributed by atoms with van der Waals surface area (Å²) < 4.78 is 28.7. The van der Waals surface area contributed by atoms with Gasteiger partial charge in [0.15, 0.2) is 0 Å². The van der Waals surface area contributed by atoms with E-state index in [0.717, 1.165) is 25.9 Å². The molecule has 3 aromatic carbocycles. The van der Waals surface area contributed by atoms with E-state index in [2.05, 4.69) is 38.9 Å². The minimum absolute atomic E-state index is 0.00200. The van der Waals surface area contributed by atoms with E-state index in [-0.39, 0.29) is 27.8 Å². The summed E-state index contributed by atoms with van der Waals surface area (Å²) >= 11 is 0. The van der Waals surface area contributed by atoms with Crippen molar-refractivity contribution in [3.8, 4) is 5.75 Å². The van der Waals surface area contributed by atoms with Gasteiger partial charge in [0.05, 0.1) is 11.2 Å². The molecule has 2 fully saturated rings. The normalized spacial score (nSPS) is 17.3. The molecule has 2 aliphatic rings. The lowest BCUT2D eigenvalue weighted by Crippen LogP contribution is -2.52. The van der Waals surface area contributed by atoms with Crippen molar-refractivity contribution in [2.75, 3.05) is 30.9 Å². The smallest absolute Gasteiger partial charge is 0.264 e. The largest absolute Gasteiger partial charge is 0.506 e. The van der Waals surface area contributed by atoms with Gasteiger partial charge in [-0.25, -0.2) is 8.42 Å². The number of phenols is 1. The molecule has 0 unspecified atom stereocenters. The highest BCUT2D eigenvalue weighted by Crippen LogP contribution is 2.51. The fraction of sp³-hybridized carbons (Fsp3) is 0.241. The quantitative estimate of drug-likeness (QED) is 0.364. The molecule has 0 radical (unpaired) electrons. The topological polar surface area (TPSA) is 103 Å². The van der Waals surface area contributed by atoms with Gasteiger partial charge in [-0.1, -0.05) is 48.5 Å². The Morgan fingerprint density at radius 2 is 1.63 bits per heavy atom. The average Bonchev–Trinajstić information content (AvgIpc) is 3.76. The van der Waals surface area contributed by atoms with Gasteiger partial charge < -0.3 is 10.0 Å². The first kappa shape index (κ1) is 24.4. The first-order valence-electron chi connectivity index (χ1n) is 12.7. The molecule has 9 heteroatoms. The Morgan fingerprint density at radius 1 is 0.895 bits per heavy atom. The van der Waals surface area contributed by atoms with Crippen LogP contribution in [0.3, 0.4) is 0 Å². The van der Waals surface area contributed by atoms with Crippen LogP contribution in [0.25, 0.3) is 10.9 Å². The molecular formula is C29H28N4O4S. The maximum absolute atomic E-state index is 13.2. The van der Waals surface area contributed by atoms with Gasteiger partial charge in [0.2, 0.25) is 0 Å². The Hall–Kier alpha value is -3.95. The highest BCUT2D eigenvalue weighted by Gasteiger charge is 2.49. The van der Waals surface area contributed by atoms with Crippen LogP contribution in [0.1, 0.15) is 28.8 Å². The number of para-hydroxylation sites is 1. The van der Waals surface area contributed by atoms with Crippen LogP contribution in [0.2, 0.25) is 0 Å². The first-order valence-corrected chi connectivity index (χ1v) is 14.2. The number of phenolic OH excluding ortho intramolecular Hbond substituents is 1. The summed E-state index contributed by atoms with van der Waals surface area (Å²) in [6, 6.07) is 23.2. The van der Waals surface area contributed by atoms with Gasteiger partial charge in [0, 0.05) is 48.9 Å². The Morgan fingerprint density at radius 3 is 2.34 bits per heavy atom. The third kappa shape index (κ3) is 4.37. The number of carbonyl (C=O) groups is 1. The molecule has 4 aromatic rings. The lowest BCUT2D eigenvalue weighted by Gasteiger charge is -2.40. The van der Waals surface area contributed by atoms with E-state index in [1.165, 1.54) is 30.0 Å². The van der Waals surface area contributed by atoms with Crippen LogP contribution in [0, 0.1) is 0 Å². The van der Waals surface area contributed by atoms with Crippen LogP contribution < -0.4 is 4.72 Å². The molecule has 1 saturated carbocycles. The zero-order valence-corrected chi connectivity index (χ0v) is 21.6. The highest BCUT2D eigenvalue weighted by molar-refractivity contribution is 7.93. The summed E-state index contributed by atoms with van der Waals surface area (Å²) in [6.45, 7) is 2.75. The maximum Gasteiger partial charge on any atom is 0.264 e. The number of benzene rings is 3. The van der Waals surface area contributed by atoms with Crippen molar-refractivity contribution in [1.29, 1.82) is 0 Å². The maximum atomic E-state index is 13.2. The summed E-state index contributed by atoms with van der Waals surface area (Å²) in [5, 5.41) is 11.3. The van der Waals surface area contributed by atoms with Crippen molar-refractivity contribution in [3.05, 3.63) is 96.2 Å². The van der Waals surface area contributed by atoms with Crippen LogP contribution >= 0.6 is 0 Å². The molecule has 38 heavy (non-hydrogen) atoms. The molecule has 1 aromatic heterocycles. The summed E-state index contributed by atoms with van der Waals surface area (Å²) in [6.07, 6.45) is 3.79. The molecule has 1 amide bonds. The fourth-order valence-corrected chi connectivity index (χ4v) is 6.67. The Labute approximate surface area is 221 Å². The number of carbonyl (C=O) groups excluding carboxylic acids is 1. The van der Waals surface area contributed by atoms with Gasteiger partial charge in [0.1, 0.15) is 10.6 Å². The van der Waals surface area contributed by atoms with E-state index in [1.807, 2.05) is 6.07 Å². The lowest BCUT2D eigenvalue weighted by molar-refractivity contribution is 0.0531. The Bertz CT molecular complexity index is 1610. The predicted octanol–water partition coefficient (Wildman–Crippen LogP) is 4.19. The van der Waals surface area contributed by atoms with Crippen LogP contribution in [-0.2, 0) is 15.6 Å². The molecule has 6 rings (SSSR count). The van der Waals surface area contributed by atoms with Crippen LogP contribution in [-0.4, -0.2) is 60.4 Å². The number of aromatic hydroxyl groups is 1. The van der Waals surface area contributed by atoms with Crippen molar-refractivity contribution >= 4 is 32.5 Å². The standard InChI is InChI=1S/C29H28N4O4S/c34-25-20-22(11-12-24(25)31-38(36,37)26-10-4-6-21-7-5-15-30-27(21)26)28(35)32-16-18-33(19-17-32)29(13-14-29)23-8-2-1-3-9-23/h1-12,15,20,31,34H,13-14,16-19H2. The number of anilines is 1. The van der Waals surface area contributed by atoms with Crippen molar-refractivity contribution < 1.29 is 18.3 Å². The van der Waals surface area contributed by atoms with Gasteiger partial charge in [-0.3, -0.25) is 19.4 Å². The molecule has 2 N–H and O–H groups in total. The van der Waals surface area contributed by atoms with Gasteiger partial charge in [-0.15, -0.1) is 0 Å². The van der Waals surface area contributed by atoms with E-state index in [9.17, 15) is 18.3 Å². The Balaban J connectivity index is 1.14. The first-order chi connectivity index (χ1) is 18.4. The number of fused-ring (bicyclic) bond motifs is 1. The summed E-state index contributed by atoms with van der Waals surface area (Å²) in [5.41, 5.74) is 2.08. The molecule has 2 heterocycles. The average molecular weight is 529 g/mol. The zero-order chi connectivity index (χ0) is 26.3. The number of sulfonamides is 1. The number of pyridine rings is 1. The molecular weight excluding hydrogens is 500 g/mol. The fourth-order valence-electron chi connectivity index (χ4n) is 5.42. The number of nitrogens with one attached hydrogen (secondary N) is 1. The number of nitrogens with zero attached hydrogens (tertiary/aromatic N) is 3. The van der Waals surface area contributed by atoms with Crippen molar-refractivity contribution in [1.82, 2.24) is 14.8 Å². The minimum Gasteiger partial charge on any atom is -0.506 e. The second-order valence-corrected chi connectivity index (χ2v) is 11.5. The number of hydrogen-bond acceptors (Lipinski definition) is 6. The molecule has 0 spiro atoms. The number of piperazine rings is 1. The number of aromatic nitrogens is 1. The van der Waals surface area contributed by atoms with E-state index in [4.69, 9.17) is 0 Å². The van der Waals surface area contributed by atoms with Crippen molar-refractivity contribution in [2.24, 2.45) is 0 Å². The second kappa shape index (κ2) is 9.41. The molecule has 0 atom stereocenters. The van der Waals surface area contributed by atoms with E-state index in [0.29, 0.717) is 29.6 Å². The van der Waals surface area contributed by atoms with Crippen LogP contribution in [0.5, 0.6) is 5.75 Å². The molecule has 1 aliphatic heterocycles. The number of hydrogen-bond donors (Lipinski definition) is 2. The Kier molecular flexibility index (Phi) is 6.04. The summed E-state index contributed by atoms with van der Waals surface area (Å²) in [5.74, 6) is -0.496. The highest BCUT2D eigenvalue weighted by atomic mass is 32.2. The molecule has 194 valence electrons.